The van der Waals surface area contributed by atoms with Gasteiger partial charge in [-0.3, -0.25) is 4.57 Å². The summed E-state index contributed by atoms with van der Waals surface area (Å²) in [6.45, 7) is 2.16. The summed E-state index contributed by atoms with van der Waals surface area (Å²) in [5, 5.41) is 0.701. The summed E-state index contributed by atoms with van der Waals surface area (Å²) < 4.78 is 2.17. The SMILES string of the molecule is CCc1cccc(-n2c(CCCl)nc3cc(Cl)ccc32)c1. The molecule has 0 aliphatic rings. The Morgan fingerprint density at radius 1 is 1.14 bits per heavy atom. The maximum atomic E-state index is 6.08. The van der Waals surface area contributed by atoms with Crippen LogP contribution in [0.15, 0.2) is 42.5 Å². The molecule has 0 radical (unpaired) electrons. The van der Waals surface area contributed by atoms with E-state index in [-0.39, 0.29) is 0 Å². The van der Waals surface area contributed by atoms with Crippen LogP contribution >= 0.6 is 23.2 Å². The third-order valence-corrected chi connectivity index (χ3v) is 4.01. The molecule has 3 rings (SSSR count). The van der Waals surface area contributed by atoms with Gasteiger partial charge in [0.1, 0.15) is 5.82 Å². The van der Waals surface area contributed by atoms with Gasteiger partial charge in [0.05, 0.1) is 11.0 Å². The van der Waals surface area contributed by atoms with Crippen LogP contribution in [-0.2, 0) is 12.8 Å². The minimum absolute atomic E-state index is 0.546. The number of aromatic nitrogens is 2. The van der Waals surface area contributed by atoms with Crippen LogP contribution in [0.3, 0.4) is 0 Å². The number of nitrogens with zero attached hydrogens (tertiary/aromatic N) is 2. The fourth-order valence-corrected chi connectivity index (χ4v) is 2.89. The van der Waals surface area contributed by atoms with E-state index in [1.807, 2.05) is 18.2 Å². The lowest BCUT2D eigenvalue weighted by atomic mass is 10.1. The monoisotopic (exact) mass is 318 g/mol. The van der Waals surface area contributed by atoms with E-state index in [2.05, 4.69) is 40.7 Å². The molecule has 3 aromatic rings. The second kappa shape index (κ2) is 6.08. The molecule has 0 unspecified atom stereocenters. The van der Waals surface area contributed by atoms with Crippen LogP contribution in [0, 0.1) is 0 Å². The number of imidazole rings is 1. The van der Waals surface area contributed by atoms with Gasteiger partial charge in [0, 0.05) is 23.0 Å². The van der Waals surface area contributed by atoms with Crippen LogP contribution in [0.4, 0.5) is 0 Å². The second-order valence-corrected chi connectivity index (χ2v) is 5.77. The Kier molecular flexibility index (Phi) is 4.18. The van der Waals surface area contributed by atoms with Crippen molar-refractivity contribution in [1.29, 1.82) is 0 Å². The maximum Gasteiger partial charge on any atom is 0.115 e. The molecule has 2 aromatic carbocycles. The van der Waals surface area contributed by atoms with Gasteiger partial charge in [-0.2, -0.15) is 0 Å². The largest absolute Gasteiger partial charge is 0.296 e. The van der Waals surface area contributed by atoms with Gasteiger partial charge in [-0.05, 0) is 42.3 Å². The van der Waals surface area contributed by atoms with Gasteiger partial charge in [-0.25, -0.2) is 4.98 Å². The molecule has 0 atom stereocenters. The number of rotatable bonds is 4. The van der Waals surface area contributed by atoms with Gasteiger partial charge in [-0.1, -0.05) is 30.7 Å². The number of hydrogen-bond acceptors (Lipinski definition) is 1. The van der Waals surface area contributed by atoms with E-state index in [0.717, 1.165) is 35.4 Å². The predicted octanol–water partition coefficient (Wildman–Crippen LogP) is 5.02. The second-order valence-electron chi connectivity index (χ2n) is 4.96. The van der Waals surface area contributed by atoms with Crippen LogP contribution in [0.25, 0.3) is 16.7 Å². The Labute approximate surface area is 134 Å². The maximum absolute atomic E-state index is 6.08. The molecule has 1 aromatic heterocycles. The van der Waals surface area contributed by atoms with Gasteiger partial charge in [-0.15, -0.1) is 11.6 Å². The van der Waals surface area contributed by atoms with E-state index in [1.54, 1.807) is 0 Å². The molecular weight excluding hydrogens is 303 g/mol. The summed E-state index contributed by atoms with van der Waals surface area (Å²) in [6, 6.07) is 14.3. The molecule has 0 N–H and O–H groups in total. The van der Waals surface area contributed by atoms with Crippen LogP contribution in [0.5, 0.6) is 0 Å². The lowest BCUT2D eigenvalue weighted by Crippen LogP contribution is -2.02. The van der Waals surface area contributed by atoms with Gasteiger partial charge < -0.3 is 0 Å². The first-order valence-corrected chi connectivity index (χ1v) is 7.96. The summed E-state index contributed by atoms with van der Waals surface area (Å²) in [7, 11) is 0. The van der Waals surface area contributed by atoms with Crippen molar-refractivity contribution < 1.29 is 0 Å². The molecule has 1 heterocycles. The normalized spacial score (nSPS) is 11.2. The third-order valence-electron chi connectivity index (χ3n) is 3.58. The number of halogens is 2. The molecule has 4 heteroatoms. The molecule has 108 valence electrons. The van der Waals surface area contributed by atoms with Crippen molar-refractivity contribution in [3.63, 3.8) is 0 Å². The number of hydrogen-bond donors (Lipinski definition) is 0. The molecule has 0 amide bonds. The quantitative estimate of drug-likeness (QED) is 0.617. The van der Waals surface area contributed by atoms with Crippen LogP contribution in [0.2, 0.25) is 5.02 Å². The first kappa shape index (κ1) is 14.4. The lowest BCUT2D eigenvalue weighted by molar-refractivity contribution is 0.910. The highest BCUT2D eigenvalue weighted by Gasteiger charge is 2.12. The number of aryl methyl sites for hydroxylation is 2. The average molecular weight is 319 g/mol. The molecule has 0 aliphatic heterocycles. The molecular formula is C17H16Cl2N2. The molecule has 0 saturated carbocycles. The molecule has 0 saturated heterocycles. The highest BCUT2D eigenvalue weighted by Crippen LogP contribution is 2.25. The van der Waals surface area contributed by atoms with Crippen molar-refractivity contribution in [2.24, 2.45) is 0 Å². The van der Waals surface area contributed by atoms with E-state index in [1.165, 1.54) is 5.56 Å². The van der Waals surface area contributed by atoms with E-state index in [4.69, 9.17) is 23.2 Å². The molecule has 0 bridgehead atoms. The van der Waals surface area contributed by atoms with E-state index < -0.39 is 0 Å². The zero-order valence-electron chi connectivity index (χ0n) is 11.8. The topological polar surface area (TPSA) is 17.8 Å². The molecule has 21 heavy (non-hydrogen) atoms. The van der Waals surface area contributed by atoms with Crippen molar-refractivity contribution >= 4 is 34.2 Å². The van der Waals surface area contributed by atoms with Crippen molar-refractivity contribution in [3.8, 4) is 5.69 Å². The van der Waals surface area contributed by atoms with Crippen molar-refractivity contribution in [2.75, 3.05) is 5.88 Å². The number of alkyl halides is 1. The zero-order valence-corrected chi connectivity index (χ0v) is 13.3. The fraction of sp³-hybridized carbons (Fsp3) is 0.235. The summed E-state index contributed by atoms with van der Waals surface area (Å²) in [6.07, 6.45) is 1.74. The Bertz CT molecular complexity index is 778. The Morgan fingerprint density at radius 2 is 2.00 bits per heavy atom. The van der Waals surface area contributed by atoms with E-state index in [9.17, 15) is 0 Å². The highest BCUT2D eigenvalue weighted by molar-refractivity contribution is 6.31. The van der Waals surface area contributed by atoms with E-state index >= 15 is 0 Å². The standard InChI is InChI=1S/C17H16Cl2N2/c1-2-12-4-3-5-14(10-12)21-16-7-6-13(19)11-15(16)20-17(21)8-9-18/h3-7,10-11H,2,8-9H2,1H3. The summed E-state index contributed by atoms with van der Waals surface area (Å²) in [4.78, 5) is 4.69. The van der Waals surface area contributed by atoms with Crippen LogP contribution < -0.4 is 0 Å². The average Bonchev–Trinajstić information content (AvgIpc) is 2.84. The molecule has 0 spiro atoms. The molecule has 2 nitrogen and oxygen atoms in total. The summed E-state index contributed by atoms with van der Waals surface area (Å²) >= 11 is 12.0. The predicted molar refractivity (Wildman–Crippen MR) is 89.9 cm³/mol. The fourth-order valence-electron chi connectivity index (χ4n) is 2.56. The minimum Gasteiger partial charge on any atom is -0.296 e. The lowest BCUT2D eigenvalue weighted by Gasteiger charge is -2.10. The highest BCUT2D eigenvalue weighted by atomic mass is 35.5. The Balaban J connectivity index is 2.25. The minimum atomic E-state index is 0.546. The molecule has 0 fully saturated rings. The van der Waals surface area contributed by atoms with Crippen molar-refractivity contribution in [1.82, 2.24) is 9.55 Å². The first-order valence-electron chi connectivity index (χ1n) is 7.05. The first-order chi connectivity index (χ1) is 10.2. The Hall–Kier alpha value is -1.51. The zero-order chi connectivity index (χ0) is 14.8. The van der Waals surface area contributed by atoms with Crippen LogP contribution in [0.1, 0.15) is 18.3 Å². The van der Waals surface area contributed by atoms with Gasteiger partial charge in [0.2, 0.25) is 0 Å². The van der Waals surface area contributed by atoms with Gasteiger partial charge in [0.25, 0.3) is 0 Å². The number of benzene rings is 2. The van der Waals surface area contributed by atoms with Gasteiger partial charge >= 0.3 is 0 Å². The van der Waals surface area contributed by atoms with Gasteiger partial charge in [0.15, 0.2) is 0 Å². The smallest absolute Gasteiger partial charge is 0.115 e. The summed E-state index contributed by atoms with van der Waals surface area (Å²) in [5.41, 5.74) is 4.40. The number of fused-ring (bicyclic) bond motifs is 1. The van der Waals surface area contributed by atoms with Crippen LogP contribution in [-0.4, -0.2) is 15.4 Å². The Morgan fingerprint density at radius 3 is 2.76 bits per heavy atom. The van der Waals surface area contributed by atoms with Crippen molar-refractivity contribution in [3.05, 3.63) is 58.9 Å². The van der Waals surface area contributed by atoms with Crippen molar-refractivity contribution in [2.45, 2.75) is 19.8 Å². The summed E-state index contributed by atoms with van der Waals surface area (Å²) in [5.74, 6) is 1.51. The van der Waals surface area contributed by atoms with E-state index in [0.29, 0.717) is 10.9 Å². The molecule has 0 aliphatic carbocycles. The third kappa shape index (κ3) is 2.78.